The number of hydrogen-bond acceptors (Lipinski definition) is 3. The van der Waals surface area contributed by atoms with Crippen LogP contribution in [0, 0.1) is 17.2 Å². The zero-order valence-electron chi connectivity index (χ0n) is 13.1. The lowest BCUT2D eigenvalue weighted by Crippen LogP contribution is -2.50. The number of rotatable bonds is 4. The molecule has 114 valence electrons. The lowest BCUT2D eigenvalue weighted by Gasteiger charge is -2.35. The van der Waals surface area contributed by atoms with Gasteiger partial charge in [0, 0.05) is 7.05 Å². The van der Waals surface area contributed by atoms with E-state index in [2.05, 4.69) is 23.4 Å². The van der Waals surface area contributed by atoms with Crippen molar-refractivity contribution in [2.45, 2.75) is 57.9 Å². The van der Waals surface area contributed by atoms with Gasteiger partial charge in [0.2, 0.25) is 0 Å². The fraction of sp³-hybridized carbons (Fsp3) is 0.688. The van der Waals surface area contributed by atoms with E-state index in [9.17, 15) is 10.1 Å². The Hall–Kier alpha value is -1.83. The van der Waals surface area contributed by atoms with Gasteiger partial charge in [-0.25, -0.2) is 0 Å². The predicted octanol–water partition coefficient (Wildman–Crippen LogP) is 2.57. The van der Waals surface area contributed by atoms with Crippen molar-refractivity contribution >= 4 is 5.91 Å². The van der Waals surface area contributed by atoms with Crippen molar-refractivity contribution in [1.29, 1.82) is 5.26 Å². The minimum atomic E-state index is -0.709. The van der Waals surface area contributed by atoms with Gasteiger partial charge in [-0.2, -0.15) is 10.4 Å². The third-order valence-corrected chi connectivity index (χ3v) is 4.63. The van der Waals surface area contributed by atoms with Crippen LogP contribution in [0.5, 0.6) is 0 Å². The predicted molar refractivity (Wildman–Crippen MR) is 80.6 cm³/mol. The number of carbonyl (C=O) groups excluding carboxylic acids is 1. The first kappa shape index (κ1) is 15.6. The molecular weight excluding hydrogens is 264 g/mol. The topological polar surface area (TPSA) is 70.7 Å². The molecule has 1 saturated carbocycles. The van der Waals surface area contributed by atoms with Gasteiger partial charge in [-0.3, -0.25) is 9.48 Å². The van der Waals surface area contributed by atoms with Crippen molar-refractivity contribution in [2.24, 2.45) is 13.0 Å². The Kier molecular flexibility index (Phi) is 4.66. The molecule has 1 aromatic rings. The highest BCUT2D eigenvalue weighted by atomic mass is 16.2. The molecule has 1 fully saturated rings. The van der Waals surface area contributed by atoms with Gasteiger partial charge in [0.05, 0.1) is 11.8 Å². The molecule has 5 heteroatoms. The van der Waals surface area contributed by atoms with E-state index < -0.39 is 5.54 Å². The van der Waals surface area contributed by atoms with Gasteiger partial charge in [0.25, 0.3) is 5.91 Å². The number of aromatic nitrogens is 2. The summed E-state index contributed by atoms with van der Waals surface area (Å²) in [4.78, 5) is 12.5. The first-order valence-corrected chi connectivity index (χ1v) is 7.80. The summed E-state index contributed by atoms with van der Waals surface area (Å²) in [7, 11) is 1.76. The van der Waals surface area contributed by atoms with Crippen molar-refractivity contribution < 1.29 is 4.79 Å². The van der Waals surface area contributed by atoms with Crippen molar-refractivity contribution in [3.63, 3.8) is 0 Å². The number of carbonyl (C=O) groups is 1. The van der Waals surface area contributed by atoms with E-state index in [4.69, 9.17) is 0 Å². The highest BCUT2D eigenvalue weighted by Crippen LogP contribution is 2.33. The Morgan fingerprint density at radius 3 is 2.67 bits per heavy atom. The molecule has 0 aliphatic heterocycles. The standard InChI is InChI=1S/C16H24N4O/c1-4-12-6-8-16(11-17,9-7-12)18-15(21)14-10-13(5-2)19-20(14)3/h10,12H,4-9H2,1-3H3,(H,18,21). The van der Waals surface area contributed by atoms with E-state index in [1.807, 2.05) is 6.92 Å². The average molecular weight is 288 g/mol. The SMILES string of the molecule is CCc1cc(C(=O)NC2(C#N)CCC(CC)CC2)n(C)n1. The van der Waals surface area contributed by atoms with Crippen LogP contribution in [0.4, 0.5) is 0 Å². The summed E-state index contributed by atoms with van der Waals surface area (Å²) in [6.45, 7) is 4.19. The lowest BCUT2D eigenvalue weighted by molar-refractivity contribution is 0.0881. The van der Waals surface area contributed by atoms with Gasteiger partial charge >= 0.3 is 0 Å². The van der Waals surface area contributed by atoms with E-state index in [0.717, 1.165) is 44.2 Å². The quantitative estimate of drug-likeness (QED) is 0.925. The third-order valence-electron chi connectivity index (χ3n) is 4.63. The molecule has 0 aromatic carbocycles. The molecule has 0 spiro atoms. The number of nitriles is 1. The molecule has 1 aliphatic carbocycles. The molecule has 1 aromatic heterocycles. The second-order valence-electron chi connectivity index (χ2n) is 6.00. The van der Waals surface area contributed by atoms with Crippen molar-refractivity contribution in [3.8, 4) is 6.07 Å². The lowest BCUT2D eigenvalue weighted by atomic mass is 9.76. The Morgan fingerprint density at radius 1 is 1.52 bits per heavy atom. The molecule has 1 aliphatic rings. The molecule has 1 amide bonds. The van der Waals surface area contributed by atoms with Crippen LogP contribution in [-0.2, 0) is 13.5 Å². The second-order valence-corrected chi connectivity index (χ2v) is 6.00. The Labute approximate surface area is 126 Å². The van der Waals surface area contributed by atoms with Crippen molar-refractivity contribution in [3.05, 3.63) is 17.5 Å². The zero-order chi connectivity index (χ0) is 15.5. The van der Waals surface area contributed by atoms with Gasteiger partial charge in [-0.15, -0.1) is 0 Å². The molecule has 0 atom stereocenters. The van der Waals surface area contributed by atoms with Gasteiger partial charge in [0.15, 0.2) is 0 Å². The van der Waals surface area contributed by atoms with Crippen LogP contribution < -0.4 is 5.32 Å². The smallest absolute Gasteiger partial charge is 0.270 e. The van der Waals surface area contributed by atoms with Crippen LogP contribution in [0.2, 0.25) is 0 Å². The van der Waals surface area contributed by atoms with Crippen molar-refractivity contribution in [2.75, 3.05) is 0 Å². The van der Waals surface area contributed by atoms with Crippen LogP contribution in [0.3, 0.4) is 0 Å². The highest BCUT2D eigenvalue weighted by Gasteiger charge is 2.37. The molecule has 21 heavy (non-hydrogen) atoms. The van der Waals surface area contributed by atoms with Gasteiger partial charge < -0.3 is 5.32 Å². The first-order chi connectivity index (χ1) is 10.0. The summed E-state index contributed by atoms with van der Waals surface area (Å²) in [5.41, 5.74) is 0.710. The summed E-state index contributed by atoms with van der Waals surface area (Å²) in [6, 6.07) is 4.15. The molecule has 0 bridgehead atoms. The molecule has 1 N–H and O–H groups in total. The molecular formula is C16H24N4O. The Morgan fingerprint density at radius 2 is 2.19 bits per heavy atom. The fourth-order valence-electron chi connectivity index (χ4n) is 3.04. The van der Waals surface area contributed by atoms with Gasteiger partial charge in [-0.1, -0.05) is 20.3 Å². The monoisotopic (exact) mass is 288 g/mol. The normalized spacial score (nSPS) is 25.3. The molecule has 5 nitrogen and oxygen atoms in total. The summed E-state index contributed by atoms with van der Waals surface area (Å²) in [6.07, 6.45) is 5.45. The van der Waals surface area contributed by atoms with Gasteiger partial charge in [0.1, 0.15) is 11.2 Å². The first-order valence-electron chi connectivity index (χ1n) is 7.80. The molecule has 1 heterocycles. The summed E-state index contributed by atoms with van der Waals surface area (Å²) >= 11 is 0. The minimum Gasteiger partial charge on any atom is -0.332 e. The summed E-state index contributed by atoms with van der Waals surface area (Å²) < 4.78 is 1.59. The van der Waals surface area contributed by atoms with Crippen molar-refractivity contribution in [1.82, 2.24) is 15.1 Å². The fourth-order valence-corrected chi connectivity index (χ4v) is 3.04. The van der Waals surface area contributed by atoms with E-state index in [1.165, 1.54) is 0 Å². The third kappa shape index (κ3) is 3.26. The number of aryl methyl sites for hydroxylation is 2. The number of amides is 1. The van der Waals surface area contributed by atoms with E-state index in [0.29, 0.717) is 11.6 Å². The van der Waals surface area contributed by atoms with Crippen LogP contribution >= 0.6 is 0 Å². The van der Waals surface area contributed by atoms with E-state index in [1.54, 1.807) is 17.8 Å². The van der Waals surface area contributed by atoms with Crippen LogP contribution in [0.1, 0.15) is 62.1 Å². The minimum absolute atomic E-state index is 0.193. The van der Waals surface area contributed by atoms with Crippen LogP contribution in [-0.4, -0.2) is 21.2 Å². The molecule has 0 unspecified atom stereocenters. The van der Waals surface area contributed by atoms with E-state index in [-0.39, 0.29) is 5.91 Å². The molecule has 2 rings (SSSR count). The van der Waals surface area contributed by atoms with Crippen LogP contribution in [0.15, 0.2) is 6.07 Å². The summed E-state index contributed by atoms with van der Waals surface area (Å²) in [5, 5.41) is 16.8. The maximum atomic E-state index is 12.5. The number of nitrogens with zero attached hydrogens (tertiary/aromatic N) is 3. The average Bonchev–Trinajstić information content (AvgIpc) is 2.89. The largest absolute Gasteiger partial charge is 0.332 e. The Balaban J connectivity index is 2.10. The molecule has 0 saturated heterocycles. The number of hydrogen-bond donors (Lipinski definition) is 1. The molecule has 0 radical (unpaired) electrons. The highest BCUT2D eigenvalue weighted by molar-refractivity contribution is 5.93. The maximum absolute atomic E-state index is 12.5. The summed E-state index contributed by atoms with van der Waals surface area (Å²) in [5.74, 6) is 0.493. The van der Waals surface area contributed by atoms with E-state index >= 15 is 0 Å². The zero-order valence-corrected chi connectivity index (χ0v) is 13.1. The van der Waals surface area contributed by atoms with Crippen LogP contribution in [0.25, 0.3) is 0 Å². The number of nitrogens with one attached hydrogen (secondary N) is 1. The Bertz CT molecular complexity index is 547. The second kappa shape index (κ2) is 6.30. The van der Waals surface area contributed by atoms with Gasteiger partial charge in [-0.05, 0) is 44.1 Å². The maximum Gasteiger partial charge on any atom is 0.270 e.